The molecule has 1 fully saturated rings. The molecule has 0 heterocycles. The molecule has 1 N–H and O–H groups in total. The zero-order valence-corrected chi connectivity index (χ0v) is 16.7. The maximum atomic E-state index is 12.7. The molecule has 0 radical (unpaired) electrons. The van der Waals surface area contributed by atoms with Gasteiger partial charge < -0.3 is 9.84 Å². The Morgan fingerprint density at radius 3 is 2.15 bits per heavy atom. The SMILES string of the molecule is CC(C)=CCC(O)COC1C(=O)C(C(=O)C(C)C)C(=O)C1CC=C(C)C. The first-order chi connectivity index (χ1) is 12.1. The molecule has 4 atom stereocenters. The number of carbonyl (C=O) groups excluding carboxylic acids is 3. The Labute approximate surface area is 156 Å². The summed E-state index contributed by atoms with van der Waals surface area (Å²) in [5.74, 6) is -3.45. The predicted molar refractivity (Wildman–Crippen MR) is 101 cm³/mol. The predicted octanol–water partition coefficient (Wildman–Crippen LogP) is 3.05. The molecule has 146 valence electrons. The number of Topliss-reactive ketones (excluding diaryl/α,β-unsaturated/α-hetero) is 3. The van der Waals surface area contributed by atoms with Crippen LogP contribution in [-0.2, 0) is 19.1 Å². The summed E-state index contributed by atoms with van der Waals surface area (Å²) in [5, 5.41) is 10.0. The van der Waals surface area contributed by atoms with Gasteiger partial charge in [0.1, 0.15) is 12.0 Å². The van der Waals surface area contributed by atoms with Gasteiger partial charge >= 0.3 is 0 Å². The first kappa shape index (κ1) is 22.5. The van der Waals surface area contributed by atoms with Crippen molar-refractivity contribution in [1.29, 1.82) is 0 Å². The van der Waals surface area contributed by atoms with Gasteiger partial charge in [-0.05, 0) is 40.5 Å². The average molecular weight is 364 g/mol. The van der Waals surface area contributed by atoms with Crippen LogP contribution in [0.2, 0.25) is 0 Å². The Kier molecular flexibility index (Phi) is 8.57. The van der Waals surface area contributed by atoms with Crippen LogP contribution < -0.4 is 0 Å². The topological polar surface area (TPSA) is 80.7 Å². The molecule has 0 aliphatic heterocycles. The largest absolute Gasteiger partial charge is 0.390 e. The van der Waals surface area contributed by atoms with Gasteiger partial charge in [0.15, 0.2) is 17.3 Å². The lowest BCUT2D eigenvalue weighted by Crippen LogP contribution is -2.33. The number of hydrogen-bond acceptors (Lipinski definition) is 5. The van der Waals surface area contributed by atoms with E-state index in [9.17, 15) is 19.5 Å². The quantitative estimate of drug-likeness (QED) is 0.502. The van der Waals surface area contributed by atoms with Crippen molar-refractivity contribution in [2.24, 2.45) is 17.8 Å². The molecule has 1 aliphatic rings. The molecule has 0 amide bonds. The Morgan fingerprint density at radius 2 is 1.65 bits per heavy atom. The monoisotopic (exact) mass is 364 g/mol. The molecular formula is C21H32O5. The van der Waals surface area contributed by atoms with E-state index in [2.05, 4.69) is 0 Å². The van der Waals surface area contributed by atoms with Gasteiger partial charge in [-0.15, -0.1) is 0 Å². The lowest BCUT2D eigenvalue weighted by Gasteiger charge is -2.18. The standard InChI is InChI=1S/C21H32O5/c1-12(2)7-9-15(22)11-26-21-16(10-8-13(3)4)19(24)17(20(21)25)18(23)14(5)6/h7-8,14-17,21-22H,9-11H2,1-6H3. The van der Waals surface area contributed by atoms with Gasteiger partial charge in [-0.25, -0.2) is 0 Å². The van der Waals surface area contributed by atoms with Crippen LogP contribution in [0.4, 0.5) is 0 Å². The fourth-order valence-electron chi connectivity index (χ4n) is 2.94. The van der Waals surface area contributed by atoms with Crippen molar-refractivity contribution in [3.8, 4) is 0 Å². The van der Waals surface area contributed by atoms with Gasteiger partial charge in [-0.1, -0.05) is 37.1 Å². The second-order valence-electron chi connectivity index (χ2n) is 7.84. The van der Waals surface area contributed by atoms with E-state index < -0.39 is 29.8 Å². The molecule has 1 saturated carbocycles. The molecule has 0 spiro atoms. The van der Waals surface area contributed by atoms with Crippen molar-refractivity contribution < 1.29 is 24.2 Å². The van der Waals surface area contributed by atoms with Gasteiger partial charge in [-0.3, -0.25) is 14.4 Å². The summed E-state index contributed by atoms with van der Waals surface area (Å²) in [4.78, 5) is 37.8. The minimum Gasteiger partial charge on any atom is -0.390 e. The molecular weight excluding hydrogens is 332 g/mol. The van der Waals surface area contributed by atoms with Crippen LogP contribution >= 0.6 is 0 Å². The van der Waals surface area contributed by atoms with E-state index in [4.69, 9.17) is 4.74 Å². The third kappa shape index (κ3) is 5.99. The number of carbonyl (C=O) groups is 3. The molecule has 5 nitrogen and oxygen atoms in total. The van der Waals surface area contributed by atoms with Gasteiger partial charge in [0.05, 0.1) is 18.6 Å². The maximum Gasteiger partial charge on any atom is 0.180 e. The van der Waals surface area contributed by atoms with Crippen molar-refractivity contribution in [3.63, 3.8) is 0 Å². The Balaban J connectivity index is 2.94. The number of hydrogen-bond donors (Lipinski definition) is 1. The van der Waals surface area contributed by atoms with Crippen LogP contribution in [0.1, 0.15) is 54.4 Å². The Bertz CT molecular complexity index is 592. The smallest absolute Gasteiger partial charge is 0.180 e. The molecule has 0 aromatic rings. The highest BCUT2D eigenvalue weighted by Gasteiger charge is 2.52. The zero-order valence-electron chi connectivity index (χ0n) is 16.7. The minimum atomic E-state index is -1.23. The lowest BCUT2D eigenvalue weighted by atomic mass is 9.91. The first-order valence-corrected chi connectivity index (χ1v) is 9.23. The van der Waals surface area contributed by atoms with E-state index >= 15 is 0 Å². The Morgan fingerprint density at radius 1 is 1.08 bits per heavy atom. The van der Waals surface area contributed by atoms with Crippen molar-refractivity contribution in [2.45, 2.75) is 66.6 Å². The molecule has 0 aromatic carbocycles. The number of ether oxygens (including phenoxy) is 1. The van der Waals surface area contributed by atoms with Crippen molar-refractivity contribution in [1.82, 2.24) is 0 Å². The summed E-state index contributed by atoms with van der Waals surface area (Å²) >= 11 is 0. The molecule has 4 unspecified atom stereocenters. The number of aliphatic hydroxyl groups is 1. The fourth-order valence-corrected chi connectivity index (χ4v) is 2.94. The highest BCUT2D eigenvalue weighted by Crippen LogP contribution is 2.32. The third-order valence-electron chi connectivity index (χ3n) is 4.48. The fraction of sp³-hybridized carbons (Fsp3) is 0.667. The van der Waals surface area contributed by atoms with Crippen LogP contribution in [0.3, 0.4) is 0 Å². The number of ketones is 3. The minimum absolute atomic E-state index is 0.0403. The van der Waals surface area contributed by atoms with Gasteiger partial charge in [0.2, 0.25) is 0 Å². The summed E-state index contributed by atoms with van der Waals surface area (Å²) in [5.41, 5.74) is 2.12. The second kappa shape index (κ2) is 9.93. The van der Waals surface area contributed by atoms with Gasteiger partial charge in [-0.2, -0.15) is 0 Å². The normalized spacial score (nSPS) is 23.9. The van der Waals surface area contributed by atoms with E-state index in [0.29, 0.717) is 12.8 Å². The summed E-state index contributed by atoms with van der Waals surface area (Å²) in [7, 11) is 0. The van der Waals surface area contributed by atoms with E-state index in [1.165, 1.54) is 0 Å². The highest BCUT2D eigenvalue weighted by molar-refractivity contribution is 6.26. The van der Waals surface area contributed by atoms with Crippen LogP contribution in [0.15, 0.2) is 23.3 Å². The van der Waals surface area contributed by atoms with E-state index in [0.717, 1.165) is 11.1 Å². The van der Waals surface area contributed by atoms with Crippen molar-refractivity contribution >= 4 is 17.3 Å². The van der Waals surface area contributed by atoms with Crippen molar-refractivity contribution in [3.05, 3.63) is 23.3 Å². The molecule has 26 heavy (non-hydrogen) atoms. The summed E-state index contributed by atoms with van der Waals surface area (Å²) in [6.07, 6.45) is 2.84. The maximum absolute atomic E-state index is 12.7. The lowest BCUT2D eigenvalue weighted by molar-refractivity contribution is -0.140. The summed E-state index contributed by atoms with van der Waals surface area (Å²) in [6, 6.07) is 0. The number of rotatable bonds is 9. The van der Waals surface area contributed by atoms with E-state index in [1.54, 1.807) is 13.8 Å². The average Bonchev–Trinajstić information content (AvgIpc) is 2.78. The molecule has 1 aliphatic carbocycles. The summed E-state index contributed by atoms with van der Waals surface area (Å²) < 4.78 is 5.65. The number of allylic oxidation sites excluding steroid dienone is 3. The van der Waals surface area contributed by atoms with Gasteiger partial charge in [0, 0.05) is 5.92 Å². The molecule has 5 heteroatoms. The molecule has 0 bridgehead atoms. The highest BCUT2D eigenvalue weighted by atomic mass is 16.5. The zero-order chi connectivity index (χ0) is 20.0. The molecule has 0 aromatic heterocycles. The second-order valence-corrected chi connectivity index (χ2v) is 7.84. The van der Waals surface area contributed by atoms with Crippen LogP contribution in [0.25, 0.3) is 0 Å². The number of aliphatic hydroxyl groups excluding tert-OH is 1. The summed E-state index contributed by atoms with van der Waals surface area (Å²) in [6.45, 7) is 11.0. The van der Waals surface area contributed by atoms with Crippen LogP contribution in [-0.4, -0.2) is 41.3 Å². The van der Waals surface area contributed by atoms with E-state index in [-0.39, 0.29) is 24.1 Å². The van der Waals surface area contributed by atoms with E-state index in [1.807, 2.05) is 39.8 Å². The molecule has 1 rings (SSSR count). The van der Waals surface area contributed by atoms with Crippen LogP contribution in [0, 0.1) is 17.8 Å². The Hall–Kier alpha value is -1.59. The van der Waals surface area contributed by atoms with Crippen LogP contribution in [0.5, 0.6) is 0 Å². The van der Waals surface area contributed by atoms with Crippen molar-refractivity contribution in [2.75, 3.05) is 6.61 Å². The third-order valence-corrected chi connectivity index (χ3v) is 4.48. The first-order valence-electron chi connectivity index (χ1n) is 9.23. The molecule has 0 saturated heterocycles. The van der Waals surface area contributed by atoms with Gasteiger partial charge in [0.25, 0.3) is 0 Å².